The van der Waals surface area contributed by atoms with E-state index >= 15 is 0 Å². The molecule has 1 unspecified atom stereocenters. The van der Waals surface area contributed by atoms with E-state index in [1.807, 2.05) is 13.8 Å². The Morgan fingerprint density at radius 2 is 2.00 bits per heavy atom. The Bertz CT molecular complexity index is 677. The van der Waals surface area contributed by atoms with Gasteiger partial charge in [0.15, 0.2) is 0 Å². The topological polar surface area (TPSA) is 89.8 Å². The van der Waals surface area contributed by atoms with Crippen LogP contribution in [0.4, 0.5) is 5.69 Å². The van der Waals surface area contributed by atoms with Gasteiger partial charge < -0.3 is 20.6 Å². The van der Waals surface area contributed by atoms with Crippen molar-refractivity contribution in [2.45, 2.75) is 13.8 Å². The number of hydrogen-bond donors (Lipinski definition) is 4. The lowest BCUT2D eigenvalue weighted by atomic mass is 10.1. The molecule has 1 aromatic heterocycles. The Morgan fingerprint density at radius 1 is 1.35 bits per heavy atom. The number of hydrogen-bond acceptors (Lipinski definition) is 3. The molecular formula is C13H17BrN4O2. The average molecular weight is 341 g/mol. The molecule has 0 radical (unpaired) electrons. The van der Waals surface area contributed by atoms with Crippen molar-refractivity contribution >= 4 is 38.6 Å². The molecular weight excluding hydrogens is 324 g/mol. The Hall–Kier alpha value is -1.60. The fourth-order valence-corrected chi connectivity index (χ4v) is 2.30. The highest BCUT2D eigenvalue weighted by Gasteiger charge is 2.14. The van der Waals surface area contributed by atoms with Crippen LogP contribution in [0.15, 0.2) is 21.4 Å². The average Bonchev–Trinajstić information content (AvgIpc) is 2.75. The van der Waals surface area contributed by atoms with Crippen molar-refractivity contribution < 1.29 is 4.79 Å². The number of halogens is 1. The normalized spacial score (nSPS) is 12.6. The lowest BCUT2D eigenvalue weighted by Gasteiger charge is -2.13. The van der Waals surface area contributed by atoms with E-state index in [0.29, 0.717) is 23.3 Å². The maximum Gasteiger partial charge on any atom is 0.323 e. The number of rotatable bonds is 5. The highest BCUT2D eigenvalue weighted by molar-refractivity contribution is 9.10. The second-order valence-corrected chi connectivity index (χ2v) is 5.51. The first-order valence-corrected chi connectivity index (χ1v) is 7.23. The van der Waals surface area contributed by atoms with Gasteiger partial charge in [-0.25, -0.2) is 4.79 Å². The summed E-state index contributed by atoms with van der Waals surface area (Å²) in [7, 11) is 0. The number of H-pyrrole nitrogens is 2. The molecule has 108 valence electrons. The summed E-state index contributed by atoms with van der Waals surface area (Å²) in [6.45, 7) is 5.32. The summed E-state index contributed by atoms with van der Waals surface area (Å²) in [5, 5.41) is 6.00. The number of anilines is 1. The number of imidazole rings is 1. The minimum atomic E-state index is -0.268. The molecule has 2 rings (SSSR count). The van der Waals surface area contributed by atoms with Crippen molar-refractivity contribution in [2.24, 2.45) is 5.92 Å². The number of fused-ring (bicyclic) bond motifs is 1. The molecule has 0 aliphatic rings. The van der Waals surface area contributed by atoms with Crippen LogP contribution >= 0.6 is 15.9 Å². The maximum atomic E-state index is 12.1. The second-order valence-electron chi connectivity index (χ2n) is 4.65. The first kappa shape index (κ1) is 14.8. The molecule has 4 N–H and O–H groups in total. The van der Waals surface area contributed by atoms with E-state index in [0.717, 1.165) is 11.0 Å². The van der Waals surface area contributed by atoms with Gasteiger partial charge in [0.1, 0.15) is 0 Å². The molecule has 1 aromatic carbocycles. The van der Waals surface area contributed by atoms with Gasteiger partial charge in [-0.15, -0.1) is 0 Å². The van der Waals surface area contributed by atoms with Gasteiger partial charge >= 0.3 is 5.69 Å². The second kappa shape index (κ2) is 6.23. The molecule has 7 heteroatoms. The van der Waals surface area contributed by atoms with Gasteiger partial charge in [0.05, 0.1) is 16.7 Å². The minimum Gasteiger partial charge on any atom is -0.325 e. The third-order valence-electron chi connectivity index (χ3n) is 3.01. The molecule has 0 fully saturated rings. The minimum absolute atomic E-state index is 0.0658. The van der Waals surface area contributed by atoms with Crippen LogP contribution in [-0.4, -0.2) is 29.0 Å². The highest BCUT2D eigenvalue weighted by Crippen LogP contribution is 2.26. The van der Waals surface area contributed by atoms with Crippen LogP contribution in [0.3, 0.4) is 0 Å². The molecule has 0 spiro atoms. The van der Waals surface area contributed by atoms with Crippen LogP contribution in [-0.2, 0) is 4.79 Å². The molecule has 0 bridgehead atoms. The first-order chi connectivity index (χ1) is 9.51. The molecule has 0 saturated carbocycles. The molecule has 6 nitrogen and oxygen atoms in total. The molecule has 1 heterocycles. The Morgan fingerprint density at radius 3 is 2.65 bits per heavy atom. The van der Waals surface area contributed by atoms with E-state index in [-0.39, 0.29) is 17.5 Å². The number of nitrogens with one attached hydrogen (secondary N) is 4. The van der Waals surface area contributed by atoms with Gasteiger partial charge in [0.25, 0.3) is 0 Å². The summed E-state index contributed by atoms with van der Waals surface area (Å²) in [4.78, 5) is 28.6. The molecule has 2 aromatic rings. The Balaban J connectivity index is 2.18. The quantitative estimate of drug-likeness (QED) is 0.669. The van der Waals surface area contributed by atoms with Gasteiger partial charge in [0.2, 0.25) is 5.91 Å². The smallest absolute Gasteiger partial charge is 0.323 e. The maximum absolute atomic E-state index is 12.1. The molecule has 0 aliphatic carbocycles. The number of amides is 1. The van der Waals surface area contributed by atoms with Gasteiger partial charge in [-0.3, -0.25) is 4.79 Å². The van der Waals surface area contributed by atoms with Crippen LogP contribution in [0.2, 0.25) is 0 Å². The van der Waals surface area contributed by atoms with Crippen LogP contribution in [0.25, 0.3) is 11.0 Å². The van der Waals surface area contributed by atoms with E-state index in [1.54, 1.807) is 12.1 Å². The molecule has 1 atom stereocenters. The number of aromatic nitrogens is 2. The van der Waals surface area contributed by atoms with Crippen molar-refractivity contribution in [3.63, 3.8) is 0 Å². The van der Waals surface area contributed by atoms with Gasteiger partial charge in [-0.2, -0.15) is 0 Å². The Labute approximate surface area is 124 Å². The van der Waals surface area contributed by atoms with Crippen molar-refractivity contribution in [2.75, 3.05) is 18.4 Å². The first-order valence-electron chi connectivity index (χ1n) is 6.44. The fraction of sp³-hybridized carbons (Fsp3) is 0.385. The molecule has 0 saturated heterocycles. The van der Waals surface area contributed by atoms with Crippen molar-refractivity contribution in [1.82, 2.24) is 15.3 Å². The summed E-state index contributed by atoms with van der Waals surface area (Å²) >= 11 is 3.39. The molecule has 1 amide bonds. The third-order valence-corrected chi connectivity index (χ3v) is 3.67. The summed E-state index contributed by atoms with van der Waals surface area (Å²) in [5.41, 5.74) is 1.73. The number of carbonyl (C=O) groups is 1. The summed E-state index contributed by atoms with van der Waals surface area (Å²) in [6.07, 6.45) is 0. The largest absolute Gasteiger partial charge is 0.325 e. The predicted molar refractivity (Wildman–Crippen MR) is 83.0 cm³/mol. The van der Waals surface area contributed by atoms with E-state index in [9.17, 15) is 9.59 Å². The van der Waals surface area contributed by atoms with Crippen molar-refractivity contribution in [3.8, 4) is 0 Å². The fourth-order valence-electron chi connectivity index (χ4n) is 1.86. The van der Waals surface area contributed by atoms with Crippen LogP contribution in [0.5, 0.6) is 0 Å². The standard InChI is InChI=1S/C13H17BrN4O2/c1-3-15-6-7(2)12(19)16-9-5-11-10(4-8(9)14)17-13(20)18-11/h4-5,7,15H,3,6H2,1-2H3,(H,16,19)(H2,17,18,20). The van der Waals surface area contributed by atoms with Crippen molar-refractivity contribution in [3.05, 3.63) is 27.1 Å². The third kappa shape index (κ3) is 3.29. The van der Waals surface area contributed by atoms with E-state index in [2.05, 4.69) is 36.5 Å². The summed E-state index contributed by atoms with van der Waals surface area (Å²) in [6, 6.07) is 3.49. The number of aromatic amines is 2. The predicted octanol–water partition coefficient (Wildman–Crippen LogP) is 1.80. The molecule has 0 aliphatic heterocycles. The monoisotopic (exact) mass is 340 g/mol. The SMILES string of the molecule is CCNCC(C)C(=O)Nc1cc2[nH]c(=O)[nH]c2cc1Br. The van der Waals surface area contributed by atoms with Gasteiger partial charge in [-0.05, 0) is 34.6 Å². The van der Waals surface area contributed by atoms with E-state index in [1.165, 1.54) is 0 Å². The van der Waals surface area contributed by atoms with Crippen LogP contribution in [0, 0.1) is 5.92 Å². The van der Waals surface area contributed by atoms with Gasteiger partial charge in [-0.1, -0.05) is 13.8 Å². The van der Waals surface area contributed by atoms with Crippen molar-refractivity contribution in [1.29, 1.82) is 0 Å². The zero-order valence-electron chi connectivity index (χ0n) is 11.3. The van der Waals surface area contributed by atoms with E-state index in [4.69, 9.17) is 0 Å². The van der Waals surface area contributed by atoms with Gasteiger partial charge in [0, 0.05) is 16.9 Å². The summed E-state index contributed by atoms with van der Waals surface area (Å²) in [5.74, 6) is -0.202. The number of benzene rings is 1. The lowest BCUT2D eigenvalue weighted by Crippen LogP contribution is -2.30. The summed E-state index contributed by atoms with van der Waals surface area (Å²) < 4.78 is 0.726. The molecule has 20 heavy (non-hydrogen) atoms. The van der Waals surface area contributed by atoms with Crippen LogP contribution in [0.1, 0.15) is 13.8 Å². The highest BCUT2D eigenvalue weighted by atomic mass is 79.9. The van der Waals surface area contributed by atoms with Crippen LogP contribution < -0.4 is 16.3 Å². The zero-order valence-corrected chi connectivity index (χ0v) is 12.9. The van der Waals surface area contributed by atoms with E-state index < -0.39 is 0 Å². The Kier molecular flexibility index (Phi) is 4.61. The zero-order chi connectivity index (χ0) is 14.7. The number of carbonyl (C=O) groups excluding carboxylic acids is 1. The lowest BCUT2D eigenvalue weighted by molar-refractivity contribution is -0.119.